The van der Waals surface area contributed by atoms with Gasteiger partial charge >= 0.3 is 0 Å². The average molecular weight is 445 g/mol. The number of anilines is 1. The highest BCUT2D eigenvalue weighted by Gasteiger charge is 2.17. The van der Waals surface area contributed by atoms with E-state index in [-0.39, 0.29) is 22.8 Å². The molecule has 0 saturated carbocycles. The van der Waals surface area contributed by atoms with Gasteiger partial charge in [-0.2, -0.15) is 10.4 Å². The number of hydrogen-bond acceptors (Lipinski definition) is 6. The SMILES string of the molecule is CCCn1c(SCC(=O)Nc2c(C#N)cnn2-c2ccccc2)nc2ccccc2c1=O. The van der Waals surface area contributed by atoms with E-state index in [1.165, 1.54) is 22.6 Å². The molecule has 2 aromatic heterocycles. The highest BCUT2D eigenvalue weighted by Crippen LogP contribution is 2.22. The summed E-state index contributed by atoms with van der Waals surface area (Å²) < 4.78 is 3.12. The van der Waals surface area contributed by atoms with Crippen molar-refractivity contribution in [1.29, 1.82) is 5.26 Å². The Bertz CT molecular complexity index is 1370. The van der Waals surface area contributed by atoms with Crippen molar-refractivity contribution in [3.63, 3.8) is 0 Å². The van der Waals surface area contributed by atoms with Crippen molar-refractivity contribution in [1.82, 2.24) is 19.3 Å². The van der Waals surface area contributed by atoms with Gasteiger partial charge in [0, 0.05) is 6.54 Å². The molecule has 1 amide bonds. The van der Waals surface area contributed by atoms with Crippen molar-refractivity contribution in [3.8, 4) is 11.8 Å². The van der Waals surface area contributed by atoms with Crippen LogP contribution in [0.4, 0.5) is 5.82 Å². The first-order chi connectivity index (χ1) is 15.6. The maximum atomic E-state index is 12.9. The van der Waals surface area contributed by atoms with Gasteiger partial charge < -0.3 is 5.32 Å². The summed E-state index contributed by atoms with van der Waals surface area (Å²) in [6, 6.07) is 18.5. The number of fused-ring (bicyclic) bond motifs is 1. The van der Waals surface area contributed by atoms with Gasteiger partial charge in [0.05, 0.1) is 28.5 Å². The van der Waals surface area contributed by atoms with E-state index < -0.39 is 0 Å². The van der Waals surface area contributed by atoms with E-state index in [9.17, 15) is 14.9 Å². The lowest BCUT2D eigenvalue weighted by molar-refractivity contribution is -0.113. The second kappa shape index (κ2) is 9.49. The van der Waals surface area contributed by atoms with Crippen LogP contribution in [0.25, 0.3) is 16.6 Å². The van der Waals surface area contributed by atoms with Gasteiger partial charge in [-0.05, 0) is 30.7 Å². The Morgan fingerprint density at radius 1 is 1.16 bits per heavy atom. The molecule has 0 saturated heterocycles. The van der Waals surface area contributed by atoms with Crippen LogP contribution >= 0.6 is 11.8 Å². The molecule has 0 fully saturated rings. The predicted molar refractivity (Wildman–Crippen MR) is 124 cm³/mol. The monoisotopic (exact) mass is 444 g/mol. The molecule has 0 atom stereocenters. The molecule has 0 unspecified atom stereocenters. The fourth-order valence-electron chi connectivity index (χ4n) is 3.29. The standard InChI is InChI=1S/C23H20N6O2S/c1-2-12-28-22(31)18-10-6-7-11-19(18)26-23(28)32-15-20(30)27-21-16(13-24)14-25-29(21)17-8-4-3-5-9-17/h3-11,14H,2,12,15H2,1H3,(H,27,30). The van der Waals surface area contributed by atoms with Crippen LogP contribution in [0.3, 0.4) is 0 Å². The van der Waals surface area contributed by atoms with Crippen LogP contribution in [-0.4, -0.2) is 31.0 Å². The minimum atomic E-state index is -0.324. The van der Waals surface area contributed by atoms with Gasteiger partial charge in [0.15, 0.2) is 11.0 Å². The third-order valence-corrected chi connectivity index (χ3v) is 5.73. The molecule has 0 bridgehead atoms. The maximum Gasteiger partial charge on any atom is 0.262 e. The van der Waals surface area contributed by atoms with Crippen LogP contribution < -0.4 is 10.9 Å². The largest absolute Gasteiger partial charge is 0.309 e. The molecule has 9 heteroatoms. The van der Waals surface area contributed by atoms with Crippen molar-refractivity contribution < 1.29 is 4.79 Å². The van der Waals surface area contributed by atoms with Crippen LogP contribution in [0.1, 0.15) is 18.9 Å². The second-order valence-corrected chi connectivity index (χ2v) is 7.91. The van der Waals surface area contributed by atoms with E-state index in [4.69, 9.17) is 0 Å². The summed E-state index contributed by atoms with van der Waals surface area (Å²) in [5.41, 5.74) is 1.47. The number of aromatic nitrogens is 4. The van der Waals surface area contributed by atoms with Crippen molar-refractivity contribution >= 4 is 34.4 Å². The first-order valence-corrected chi connectivity index (χ1v) is 11.1. The van der Waals surface area contributed by atoms with E-state index in [0.717, 1.165) is 12.1 Å². The molecule has 32 heavy (non-hydrogen) atoms. The van der Waals surface area contributed by atoms with Crippen molar-refractivity contribution in [2.24, 2.45) is 0 Å². The lowest BCUT2D eigenvalue weighted by Gasteiger charge is -2.13. The average Bonchev–Trinajstić information content (AvgIpc) is 3.23. The Morgan fingerprint density at radius 3 is 2.66 bits per heavy atom. The van der Waals surface area contributed by atoms with Crippen LogP contribution in [0.15, 0.2) is 70.7 Å². The van der Waals surface area contributed by atoms with Crippen LogP contribution in [0, 0.1) is 11.3 Å². The lowest BCUT2D eigenvalue weighted by Crippen LogP contribution is -2.24. The third-order valence-electron chi connectivity index (χ3n) is 4.75. The lowest BCUT2D eigenvalue weighted by atomic mass is 10.2. The smallest absolute Gasteiger partial charge is 0.262 e. The number of hydrogen-bond donors (Lipinski definition) is 1. The zero-order chi connectivity index (χ0) is 22.5. The van der Waals surface area contributed by atoms with Gasteiger partial charge in [0.25, 0.3) is 5.56 Å². The van der Waals surface area contributed by atoms with Gasteiger partial charge in [-0.3, -0.25) is 14.2 Å². The number of carbonyl (C=O) groups excluding carboxylic acids is 1. The molecule has 0 aliphatic carbocycles. The third kappa shape index (κ3) is 4.26. The molecule has 0 aliphatic heterocycles. The quantitative estimate of drug-likeness (QED) is 0.345. The zero-order valence-corrected chi connectivity index (χ0v) is 18.2. The molecule has 4 aromatic rings. The fraction of sp³-hybridized carbons (Fsp3) is 0.174. The predicted octanol–water partition coefficient (Wildman–Crippen LogP) is 3.59. The number of nitrogens with zero attached hydrogens (tertiary/aromatic N) is 5. The van der Waals surface area contributed by atoms with Gasteiger partial charge in [-0.25, -0.2) is 9.67 Å². The van der Waals surface area contributed by atoms with E-state index in [1.54, 1.807) is 16.7 Å². The summed E-state index contributed by atoms with van der Waals surface area (Å²) in [6.07, 6.45) is 2.18. The topological polar surface area (TPSA) is 106 Å². The van der Waals surface area contributed by atoms with E-state index >= 15 is 0 Å². The molecule has 4 rings (SSSR count). The van der Waals surface area contributed by atoms with E-state index in [2.05, 4.69) is 21.5 Å². The molecule has 1 N–H and O–H groups in total. The van der Waals surface area contributed by atoms with Gasteiger partial charge in [0.2, 0.25) is 5.91 Å². The molecule has 0 aliphatic rings. The van der Waals surface area contributed by atoms with Crippen molar-refractivity contribution in [3.05, 3.63) is 76.7 Å². The number of thioether (sulfide) groups is 1. The fourth-order valence-corrected chi connectivity index (χ4v) is 4.12. The van der Waals surface area contributed by atoms with Gasteiger partial charge in [-0.15, -0.1) is 0 Å². The Balaban J connectivity index is 1.58. The number of benzene rings is 2. The van der Waals surface area contributed by atoms with Gasteiger partial charge in [-0.1, -0.05) is 49.0 Å². The molecule has 160 valence electrons. The summed E-state index contributed by atoms with van der Waals surface area (Å²) in [5, 5.41) is 17.5. The zero-order valence-electron chi connectivity index (χ0n) is 17.4. The Hall–Kier alpha value is -3.90. The van der Waals surface area contributed by atoms with Crippen LogP contribution in [-0.2, 0) is 11.3 Å². The number of rotatable bonds is 7. The molecule has 0 radical (unpaired) electrons. The number of nitrogens with one attached hydrogen (secondary N) is 1. The Morgan fingerprint density at radius 2 is 1.91 bits per heavy atom. The second-order valence-electron chi connectivity index (χ2n) is 6.97. The minimum Gasteiger partial charge on any atom is -0.309 e. The Kier molecular flexibility index (Phi) is 6.33. The minimum absolute atomic E-state index is 0.0271. The van der Waals surface area contributed by atoms with E-state index in [0.29, 0.717) is 28.4 Å². The summed E-state index contributed by atoms with van der Waals surface area (Å²) in [5.74, 6) is 0.00985. The molecule has 2 aromatic carbocycles. The first kappa shape index (κ1) is 21.3. The summed E-state index contributed by atoms with van der Waals surface area (Å²) in [4.78, 5) is 30.2. The Labute approximate surface area is 188 Å². The summed E-state index contributed by atoms with van der Waals surface area (Å²) in [7, 11) is 0. The van der Waals surface area contributed by atoms with Crippen LogP contribution in [0.5, 0.6) is 0 Å². The maximum absolute atomic E-state index is 12.9. The first-order valence-electron chi connectivity index (χ1n) is 10.1. The number of para-hydroxylation sites is 2. The molecular formula is C23H20N6O2S. The van der Waals surface area contributed by atoms with Crippen molar-refractivity contribution in [2.45, 2.75) is 25.0 Å². The van der Waals surface area contributed by atoms with Crippen molar-refractivity contribution in [2.75, 3.05) is 11.1 Å². The summed E-state index contributed by atoms with van der Waals surface area (Å²) >= 11 is 1.19. The van der Waals surface area contributed by atoms with Gasteiger partial charge in [0.1, 0.15) is 11.6 Å². The highest BCUT2D eigenvalue weighted by atomic mass is 32.2. The molecule has 2 heterocycles. The highest BCUT2D eigenvalue weighted by molar-refractivity contribution is 7.99. The molecule has 0 spiro atoms. The van der Waals surface area contributed by atoms with Crippen LogP contribution in [0.2, 0.25) is 0 Å². The number of nitriles is 1. The number of carbonyl (C=O) groups is 1. The summed E-state index contributed by atoms with van der Waals surface area (Å²) in [6.45, 7) is 2.50. The van der Waals surface area contributed by atoms with E-state index in [1.807, 2.05) is 49.4 Å². The number of amides is 1. The molecular weight excluding hydrogens is 424 g/mol. The normalized spacial score (nSPS) is 10.8. The molecule has 8 nitrogen and oxygen atoms in total.